The number of hydrogen-bond acceptors (Lipinski definition) is 6. The zero-order valence-corrected chi connectivity index (χ0v) is 28.3. The van der Waals surface area contributed by atoms with Crippen LogP contribution in [0.15, 0.2) is 48.6 Å². The molecule has 0 radical (unpaired) electrons. The molecule has 0 saturated carbocycles. The first kappa shape index (κ1) is 41.8. The van der Waals surface area contributed by atoms with Crippen molar-refractivity contribution in [2.45, 2.75) is 167 Å². The Morgan fingerprint density at radius 2 is 1.09 bits per heavy atom. The lowest BCUT2D eigenvalue weighted by molar-refractivity contribution is -0.161. The van der Waals surface area contributed by atoms with Crippen LogP contribution in [-0.4, -0.2) is 47.6 Å². The van der Waals surface area contributed by atoms with Gasteiger partial charge >= 0.3 is 11.9 Å². The number of aliphatic hydroxyl groups is 2. The molecule has 0 aromatic carbocycles. The minimum absolute atomic E-state index is 0.0957. The van der Waals surface area contributed by atoms with Crippen LogP contribution < -0.4 is 0 Å². The number of ether oxygens (including phenoxy) is 2. The third-order valence-electron chi connectivity index (χ3n) is 7.54. The highest BCUT2D eigenvalue weighted by atomic mass is 16.6. The van der Waals surface area contributed by atoms with Crippen molar-refractivity contribution in [2.24, 2.45) is 0 Å². The average molecular weight is 619 g/mol. The normalized spacial score (nSPS) is 13.5. The van der Waals surface area contributed by atoms with E-state index in [-0.39, 0.29) is 37.7 Å². The number of carbonyl (C=O) groups excluding carboxylic acids is 2. The third kappa shape index (κ3) is 31.3. The van der Waals surface area contributed by atoms with E-state index in [9.17, 15) is 19.8 Å². The lowest BCUT2D eigenvalue weighted by Crippen LogP contribution is -2.28. The van der Waals surface area contributed by atoms with Gasteiger partial charge in [0, 0.05) is 12.8 Å². The van der Waals surface area contributed by atoms with Crippen LogP contribution in [0.5, 0.6) is 0 Å². The zero-order valence-electron chi connectivity index (χ0n) is 28.3. The van der Waals surface area contributed by atoms with Gasteiger partial charge in [-0.25, -0.2) is 0 Å². The van der Waals surface area contributed by atoms with Gasteiger partial charge < -0.3 is 19.7 Å². The molecular weight excluding hydrogens is 552 g/mol. The highest BCUT2D eigenvalue weighted by molar-refractivity contribution is 5.70. The van der Waals surface area contributed by atoms with Gasteiger partial charge in [0.25, 0.3) is 0 Å². The highest BCUT2D eigenvalue weighted by Crippen LogP contribution is 2.13. The van der Waals surface area contributed by atoms with Gasteiger partial charge in [0.2, 0.25) is 0 Å². The Morgan fingerprint density at radius 1 is 0.614 bits per heavy atom. The van der Waals surface area contributed by atoms with Crippen LogP contribution in [0.4, 0.5) is 0 Å². The molecule has 44 heavy (non-hydrogen) atoms. The fourth-order valence-corrected chi connectivity index (χ4v) is 4.64. The predicted octanol–water partition coefficient (Wildman–Crippen LogP) is 9.64. The monoisotopic (exact) mass is 618 g/mol. The molecular formula is C38H66O6. The summed E-state index contributed by atoms with van der Waals surface area (Å²) in [5, 5.41) is 19.0. The standard InChI is InChI=1S/C38H66O6/c1-3-5-6-7-8-9-10-16-19-22-25-28-31-37(41)43-34-36(33-39)44-38(42)32-29-26-23-20-17-14-12-11-13-15-18-21-24-27-30-35(40)4-2/h12-15,20-21,23-24,35-36,39-40H,3-11,16-19,22,25-34H2,1-2H3/b14-12-,15-13-,23-20-,24-21-/t35-,36+/m1/s1. The predicted molar refractivity (Wildman–Crippen MR) is 183 cm³/mol. The van der Waals surface area contributed by atoms with Crippen molar-refractivity contribution in [1.29, 1.82) is 0 Å². The van der Waals surface area contributed by atoms with E-state index in [2.05, 4.69) is 55.5 Å². The minimum Gasteiger partial charge on any atom is -0.462 e. The van der Waals surface area contributed by atoms with Crippen LogP contribution in [0.3, 0.4) is 0 Å². The maximum absolute atomic E-state index is 12.1. The smallest absolute Gasteiger partial charge is 0.306 e. The van der Waals surface area contributed by atoms with E-state index < -0.39 is 6.10 Å². The van der Waals surface area contributed by atoms with Gasteiger partial charge in [-0.3, -0.25) is 9.59 Å². The van der Waals surface area contributed by atoms with Crippen LogP contribution in [0.2, 0.25) is 0 Å². The van der Waals surface area contributed by atoms with E-state index in [1.165, 1.54) is 57.8 Å². The first-order valence-corrected chi connectivity index (χ1v) is 17.8. The molecule has 0 fully saturated rings. The summed E-state index contributed by atoms with van der Waals surface area (Å²) in [6, 6.07) is 0. The van der Waals surface area contributed by atoms with Crippen molar-refractivity contribution in [1.82, 2.24) is 0 Å². The molecule has 6 heteroatoms. The molecule has 0 saturated heterocycles. The van der Waals surface area contributed by atoms with Gasteiger partial charge in [0.05, 0.1) is 12.7 Å². The quantitative estimate of drug-likeness (QED) is 0.0456. The number of carbonyl (C=O) groups is 2. The first-order valence-electron chi connectivity index (χ1n) is 17.8. The van der Waals surface area contributed by atoms with Crippen LogP contribution in [0, 0.1) is 0 Å². The van der Waals surface area contributed by atoms with Crippen molar-refractivity contribution >= 4 is 11.9 Å². The second-order valence-corrected chi connectivity index (χ2v) is 11.7. The maximum atomic E-state index is 12.1. The van der Waals surface area contributed by atoms with Crippen molar-refractivity contribution < 1.29 is 29.3 Å². The van der Waals surface area contributed by atoms with E-state index in [1.54, 1.807) is 0 Å². The summed E-state index contributed by atoms with van der Waals surface area (Å²) in [5.41, 5.74) is 0. The molecule has 0 unspecified atom stereocenters. The van der Waals surface area contributed by atoms with E-state index in [4.69, 9.17) is 9.47 Å². The van der Waals surface area contributed by atoms with Crippen molar-refractivity contribution in [3.8, 4) is 0 Å². The molecule has 0 aromatic rings. The Hall–Kier alpha value is -2.18. The molecule has 0 aliphatic carbocycles. The lowest BCUT2D eigenvalue weighted by atomic mass is 10.0. The van der Waals surface area contributed by atoms with Crippen molar-refractivity contribution in [3.05, 3.63) is 48.6 Å². The Balaban J connectivity index is 3.71. The van der Waals surface area contributed by atoms with Gasteiger partial charge in [0.15, 0.2) is 6.10 Å². The maximum Gasteiger partial charge on any atom is 0.306 e. The molecule has 2 N–H and O–H groups in total. The SMILES string of the molecule is CCCCCCCCCCCCCCC(=O)OC[C@H](CO)OC(=O)CCC/C=C\C/C=C\C/C=C\C/C=C\CC[C@H](O)CC. The van der Waals surface area contributed by atoms with Gasteiger partial charge in [-0.2, -0.15) is 0 Å². The molecule has 254 valence electrons. The molecule has 0 heterocycles. The van der Waals surface area contributed by atoms with Gasteiger partial charge in [-0.1, -0.05) is 133 Å². The Labute approximate surface area is 270 Å². The van der Waals surface area contributed by atoms with Crippen LogP contribution in [-0.2, 0) is 19.1 Å². The third-order valence-corrected chi connectivity index (χ3v) is 7.54. The molecule has 0 amide bonds. The van der Waals surface area contributed by atoms with Crippen molar-refractivity contribution in [3.63, 3.8) is 0 Å². The Morgan fingerprint density at radius 3 is 1.61 bits per heavy atom. The van der Waals surface area contributed by atoms with Crippen LogP contribution >= 0.6 is 0 Å². The summed E-state index contributed by atoms with van der Waals surface area (Å²) >= 11 is 0. The molecule has 0 bridgehead atoms. The summed E-state index contributed by atoms with van der Waals surface area (Å²) in [6.07, 6.45) is 38.2. The van der Waals surface area contributed by atoms with Gasteiger partial charge in [-0.15, -0.1) is 0 Å². The van der Waals surface area contributed by atoms with E-state index >= 15 is 0 Å². The van der Waals surface area contributed by atoms with E-state index in [1.807, 2.05) is 6.92 Å². The second-order valence-electron chi connectivity index (χ2n) is 11.7. The number of hydrogen-bond donors (Lipinski definition) is 2. The summed E-state index contributed by atoms with van der Waals surface area (Å²) in [5.74, 6) is -0.677. The van der Waals surface area contributed by atoms with Gasteiger partial charge in [0.1, 0.15) is 6.61 Å². The zero-order chi connectivity index (χ0) is 32.4. The molecule has 0 spiro atoms. The molecule has 0 rings (SSSR count). The number of unbranched alkanes of at least 4 members (excludes halogenated alkanes) is 12. The fourth-order valence-electron chi connectivity index (χ4n) is 4.64. The van der Waals surface area contributed by atoms with Crippen molar-refractivity contribution in [2.75, 3.05) is 13.2 Å². The lowest BCUT2D eigenvalue weighted by Gasteiger charge is -2.15. The number of rotatable bonds is 31. The average Bonchev–Trinajstić information content (AvgIpc) is 3.03. The molecule has 6 nitrogen and oxygen atoms in total. The summed E-state index contributed by atoms with van der Waals surface area (Å²) in [4.78, 5) is 24.1. The number of aliphatic hydroxyl groups excluding tert-OH is 2. The summed E-state index contributed by atoms with van der Waals surface area (Å²) in [6.45, 7) is 3.79. The summed E-state index contributed by atoms with van der Waals surface area (Å²) < 4.78 is 10.5. The Bertz CT molecular complexity index is 769. The van der Waals surface area contributed by atoms with E-state index in [0.717, 1.165) is 64.2 Å². The molecule has 0 aliphatic heterocycles. The largest absolute Gasteiger partial charge is 0.462 e. The Kier molecular flexibility index (Phi) is 32.0. The minimum atomic E-state index is -0.806. The fraction of sp³-hybridized carbons (Fsp3) is 0.737. The highest BCUT2D eigenvalue weighted by Gasteiger charge is 2.15. The first-order chi connectivity index (χ1) is 21.5. The van der Waals surface area contributed by atoms with Crippen LogP contribution in [0.25, 0.3) is 0 Å². The molecule has 2 atom stereocenters. The molecule has 0 aliphatic rings. The molecule has 0 aromatic heterocycles. The topological polar surface area (TPSA) is 93.1 Å². The summed E-state index contributed by atoms with van der Waals surface area (Å²) in [7, 11) is 0. The second kappa shape index (κ2) is 33.7. The van der Waals surface area contributed by atoms with Gasteiger partial charge in [-0.05, 0) is 57.8 Å². The number of allylic oxidation sites excluding steroid dienone is 8. The van der Waals surface area contributed by atoms with Crippen LogP contribution in [0.1, 0.15) is 155 Å². The van der Waals surface area contributed by atoms with E-state index in [0.29, 0.717) is 12.8 Å². The number of esters is 2.